The average Bonchev–Trinajstić information content (AvgIpc) is 2.63. The number of H-pyrrole nitrogens is 1. The highest BCUT2D eigenvalue weighted by molar-refractivity contribution is 5.19. The molecule has 3 rings (SSSR count). The van der Waals surface area contributed by atoms with E-state index in [0.717, 1.165) is 56.2 Å². The number of aromatic amines is 1. The van der Waals surface area contributed by atoms with Gasteiger partial charge in [0.1, 0.15) is 0 Å². The van der Waals surface area contributed by atoms with E-state index in [-0.39, 0.29) is 17.7 Å². The van der Waals surface area contributed by atoms with Crippen molar-refractivity contribution in [3.63, 3.8) is 0 Å². The fraction of sp³-hybridized carbons (Fsp3) is 0.800. The van der Waals surface area contributed by atoms with Gasteiger partial charge >= 0.3 is 0 Å². The molecule has 0 spiro atoms. The second-order valence-corrected chi connectivity index (χ2v) is 6.08. The fourth-order valence-corrected chi connectivity index (χ4v) is 3.59. The molecule has 2 aliphatic carbocycles. The Kier molecular flexibility index (Phi) is 3.78. The smallest absolute Gasteiger partial charge is 0.270 e. The van der Waals surface area contributed by atoms with E-state index < -0.39 is 0 Å². The minimum atomic E-state index is -0.373. The third-order valence-electron chi connectivity index (χ3n) is 4.73. The first-order valence-corrected chi connectivity index (χ1v) is 7.77. The summed E-state index contributed by atoms with van der Waals surface area (Å²) < 4.78 is 1.74. The van der Waals surface area contributed by atoms with Crippen molar-refractivity contribution in [2.24, 2.45) is 0 Å². The summed E-state index contributed by atoms with van der Waals surface area (Å²) in [7, 11) is 0. The van der Waals surface area contributed by atoms with Crippen molar-refractivity contribution >= 4 is 0 Å². The van der Waals surface area contributed by atoms with Crippen LogP contribution in [0.4, 0.5) is 0 Å². The summed E-state index contributed by atoms with van der Waals surface area (Å²) in [6.07, 6.45) is 10.1. The second kappa shape index (κ2) is 5.53. The van der Waals surface area contributed by atoms with Crippen LogP contribution >= 0.6 is 0 Å². The number of nitrogens with one attached hydrogen (secondary N) is 1. The number of hydrogen-bond acceptors (Lipinski definition) is 2. The average molecular weight is 264 g/mol. The van der Waals surface area contributed by atoms with E-state index in [4.69, 9.17) is 0 Å². The van der Waals surface area contributed by atoms with E-state index in [2.05, 4.69) is 5.10 Å². The Labute approximate surface area is 113 Å². The Balaban J connectivity index is 1.94. The van der Waals surface area contributed by atoms with Crippen LogP contribution in [0, 0.1) is 0 Å². The summed E-state index contributed by atoms with van der Waals surface area (Å²) in [4.78, 5) is 12.5. The standard InChI is InChI=1S/C15H24N2O2/c18-14-10-6-2-5-9-13(14)17-15(19)11-7-3-1-4-8-12(11)16-17/h13-14,16,18H,1-10H2. The van der Waals surface area contributed by atoms with Gasteiger partial charge in [0.2, 0.25) is 0 Å². The number of fused-ring (bicyclic) bond motifs is 1. The molecular weight excluding hydrogens is 240 g/mol. The van der Waals surface area contributed by atoms with Gasteiger partial charge in [0.25, 0.3) is 5.56 Å². The Bertz CT molecular complexity index is 489. The van der Waals surface area contributed by atoms with Crippen molar-refractivity contribution in [1.82, 2.24) is 9.78 Å². The van der Waals surface area contributed by atoms with Crippen LogP contribution in [0.1, 0.15) is 68.7 Å². The minimum absolute atomic E-state index is 0.0399. The van der Waals surface area contributed by atoms with Crippen LogP contribution in [-0.2, 0) is 12.8 Å². The molecule has 0 aromatic carbocycles. The van der Waals surface area contributed by atoms with Gasteiger partial charge in [-0.1, -0.05) is 25.7 Å². The van der Waals surface area contributed by atoms with Crippen LogP contribution < -0.4 is 5.56 Å². The first-order chi connectivity index (χ1) is 9.27. The molecule has 1 aromatic rings. The molecular formula is C15H24N2O2. The van der Waals surface area contributed by atoms with E-state index >= 15 is 0 Å². The van der Waals surface area contributed by atoms with Crippen LogP contribution in [0.5, 0.6) is 0 Å². The second-order valence-electron chi connectivity index (χ2n) is 6.08. The van der Waals surface area contributed by atoms with E-state index in [1.54, 1.807) is 4.68 Å². The molecule has 106 valence electrons. The molecule has 2 aliphatic rings. The van der Waals surface area contributed by atoms with E-state index in [0.29, 0.717) is 0 Å². The van der Waals surface area contributed by atoms with Gasteiger partial charge in [-0.05, 0) is 38.5 Å². The highest BCUT2D eigenvalue weighted by Gasteiger charge is 2.27. The van der Waals surface area contributed by atoms with Crippen LogP contribution in [-0.4, -0.2) is 21.0 Å². The molecule has 2 unspecified atom stereocenters. The number of rotatable bonds is 1. The summed E-state index contributed by atoms with van der Waals surface area (Å²) in [6.45, 7) is 0. The molecule has 0 saturated heterocycles. The molecule has 1 aromatic heterocycles. The Morgan fingerprint density at radius 3 is 2.63 bits per heavy atom. The first-order valence-electron chi connectivity index (χ1n) is 7.77. The van der Waals surface area contributed by atoms with E-state index in [1.807, 2.05) is 0 Å². The molecule has 4 heteroatoms. The SMILES string of the molecule is O=c1c2c([nH]n1C1CCCCCC1O)CCCCC2. The monoisotopic (exact) mass is 264 g/mol. The summed E-state index contributed by atoms with van der Waals surface area (Å²) in [5.74, 6) is 0. The molecule has 1 saturated carbocycles. The lowest BCUT2D eigenvalue weighted by Gasteiger charge is -2.21. The molecule has 2 N–H and O–H groups in total. The van der Waals surface area contributed by atoms with Crippen molar-refractivity contribution in [3.8, 4) is 0 Å². The third kappa shape index (κ3) is 2.50. The topological polar surface area (TPSA) is 58.0 Å². The van der Waals surface area contributed by atoms with Gasteiger partial charge < -0.3 is 5.11 Å². The Hall–Kier alpha value is -1.03. The maximum Gasteiger partial charge on any atom is 0.270 e. The number of aromatic nitrogens is 2. The zero-order valence-corrected chi connectivity index (χ0v) is 11.5. The van der Waals surface area contributed by atoms with Crippen molar-refractivity contribution in [2.45, 2.75) is 76.4 Å². The lowest BCUT2D eigenvalue weighted by atomic mass is 10.1. The predicted octanol–water partition coefficient (Wildman–Crippen LogP) is 2.31. The molecule has 19 heavy (non-hydrogen) atoms. The zero-order chi connectivity index (χ0) is 13.2. The van der Waals surface area contributed by atoms with Crippen LogP contribution in [0.2, 0.25) is 0 Å². The molecule has 0 radical (unpaired) electrons. The van der Waals surface area contributed by atoms with Crippen LogP contribution in [0.15, 0.2) is 4.79 Å². The van der Waals surface area contributed by atoms with E-state index in [1.165, 1.54) is 19.3 Å². The van der Waals surface area contributed by atoms with Gasteiger partial charge in [0.15, 0.2) is 0 Å². The highest BCUT2D eigenvalue weighted by atomic mass is 16.3. The van der Waals surface area contributed by atoms with Gasteiger partial charge in [-0.15, -0.1) is 0 Å². The number of nitrogens with zero attached hydrogens (tertiary/aromatic N) is 1. The molecule has 0 amide bonds. The van der Waals surface area contributed by atoms with Gasteiger partial charge in [-0.2, -0.15) is 0 Å². The van der Waals surface area contributed by atoms with Gasteiger partial charge in [0, 0.05) is 11.3 Å². The Morgan fingerprint density at radius 2 is 1.74 bits per heavy atom. The zero-order valence-electron chi connectivity index (χ0n) is 11.5. The Morgan fingerprint density at radius 1 is 1.00 bits per heavy atom. The number of aliphatic hydroxyl groups is 1. The number of aryl methyl sites for hydroxylation is 1. The molecule has 4 nitrogen and oxygen atoms in total. The van der Waals surface area contributed by atoms with Crippen LogP contribution in [0.25, 0.3) is 0 Å². The van der Waals surface area contributed by atoms with Crippen LogP contribution in [0.3, 0.4) is 0 Å². The van der Waals surface area contributed by atoms with Crippen molar-refractivity contribution in [3.05, 3.63) is 21.6 Å². The van der Waals surface area contributed by atoms with Crippen molar-refractivity contribution in [1.29, 1.82) is 0 Å². The first kappa shape index (κ1) is 13.0. The summed E-state index contributed by atoms with van der Waals surface area (Å²) >= 11 is 0. The van der Waals surface area contributed by atoms with E-state index in [9.17, 15) is 9.90 Å². The largest absolute Gasteiger partial charge is 0.391 e. The highest BCUT2D eigenvalue weighted by Crippen LogP contribution is 2.27. The number of aliphatic hydroxyl groups excluding tert-OH is 1. The predicted molar refractivity (Wildman–Crippen MR) is 74.4 cm³/mol. The molecule has 1 heterocycles. The summed E-state index contributed by atoms with van der Waals surface area (Å²) in [6, 6.07) is -0.0399. The molecule has 0 bridgehead atoms. The summed E-state index contributed by atoms with van der Waals surface area (Å²) in [5, 5.41) is 13.6. The van der Waals surface area contributed by atoms with Gasteiger partial charge in [-0.25, -0.2) is 4.68 Å². The normalized spacial score (nSPS) is 28.5. The number of hydrogen-bond donors (Lipinski definition) is 2. The maximum absolute atomic E-state index is 12.5. The van der Waals surface area contributed by atoms with Gasteiger partial charge in [-0.3, -0.25) is 9.89 Å². The molecule has 0 aliphatic heterocycles. The quantitative estimate of drug-likeness (QED) is 0.604. The lowest BCUT2D eigenvalue weighted by molar-refractivity contribution is 0.0971. The van der Waals surface area contributed by atoms with Gasteiger partial charge in [0.05, 0.1) is 12.1 Å². The molecule has 1 fully saturated rings. The third-order valence-corrected chi connectivity index (χ3v) is 4.73. The van der Waals surface area contributed by atoms with Crippen molar-refractivity contribution < 1.29 is 5.11 Å². The van der Waals surface area contributed by atoms with Crippen molar-refractivity contribution in [2.75, 3.05) is 0 Å². The fourth-order valence-electron chi connectivity index (χ4n) is 3.59. The molecule has 2 atom stereocenters. The lowest BCUT2D eigenvalue weighted by Crippen LogP contribution is -2.31. The summed E-state index contributed by atoms with van der Waals surface area (Å²) in [5.41, 5.74) is 2.23. The maximum atomic E-state index is 12.5. The minimum Gasteiger partial charge on any atom is -0.391 e.